The average molecular weight is 237 g/mol. The van der Waals surface area contributed by atoms with Crippen molar-refractivity contribution in [1.82, 2.24) is 0 Å². The molecule has 2 nitrogen and oxygen atoms in total. The Labute approximate surface area is 101 Å². The maximum atomic E-state index is 9.52. The molecule has 0 aliphatic heterocycles. The van der Waals surface area contributed by atoms with Gasteiger partial charge in [-0.1, -0.05) is 31.2 Å². The van der Waals surface area contributed by atoms with Gasteiger partial charge in [0.25, 0.3) is 0 Å². The summed E-state index contributed by atoms with van der Waals surface area (Å²) in [6, 6.07) is 8.50. The van der Waals surface area contributed by atoms with Gasteiger partial charge in [-0.2, -0.15) is 11.8 Å². The summed E-state index contributed by atoms with van der Waals surface area (Å²) in [6.45, 7) is 3.90. The van der Waals surface area contributed by atoms with E-state index in [2.05, 4.69) is 25.1 Å². The van der Waals surface area contributed by atoms with Crippen molar-refractivity contribution in [3.05, 3.63) is 35.4 Å². The summed E-state index contributed by atoms with van der Waals surface area (Å²) in [5.74, 6) is 0. The molecule has 1 aliphatic rings. The Morgan fingerprint density at radius 3 is 2.69 bits per heavy atom. The molecule has 1 aromatic rings. The molecular weight excluding hydrogens is 218 g/mol. The minimum atomic E-state index is -0.277. The van der Waals surface area contributed by atoms with Crippen LogP contribution < -0.4 is 5.73 Å². The van der Waals surface area contributed by atoms with Crippen molar-refractivity contribution in [3.8, 4) is 0 Å². The molecule has 1 aliphatic carbocycles. The highest BCUT2D eigenvalue weighted by Crippen LogP contribution is 2.38. The average Bonchev–Trinajstić information content (AvgIpc) is 2.56. The van der Waals surface area contributed by atoms with E-state index in [1.165, 1.54) is 11.1 Å². The number of benzene rings is 1. The van der Waals surface area contributed by atoms with Crippen molar-refractivity contribution in [2.24, 2.45) is 5.73 Å². The standard InChI is InChI=1S/C13H19NOS/c1-8(15)9(2)16-12-7-10-5-3-4-6-11(10)13(12)14/h3-6,8-9,12-13,15H,7,14H2,1-2H3. The second-order valence-corrected chi connectivity index (χ2v) is 6.17. The summed E-state index contributed by atoms with van der Waals surface area (Å²) >= 11 is 1.80. The quantitative estimate of drug-likeness (QED) is 0.846. The van der Waals surface area contributed by atoms with Gasteiger partial charge in [0.05, 0.1) is 6.10 Å². The molecule has 0 bridgehead atoms. The zero-order valence-electron chi connectivity index (χ0n) is 9.76. The number of fused-ring (bicyclic) bond motifs is 1. The smallest absolute Gasteiger partial charge is 0.0628 e. The number of rotatable bonds is 3. The molecule has 0 aromatic heterocycles. The van der Waals surface area contributed by atoms with E-state index in [0.717, 1.165) is 6.42 Å². The van der Waals surface area contributed by atoms with Crippen molar-refractivity contribution < 1.29 is 5.11 Å². The van der Waals surface area contributed by atoms with E-state index in [1.54, 1.807) is 11.8 Å². The van der Waals surface area contributed by atoms with Crippen LogP contribution in [0.2, 0.25) is 0 Å². The number of hydrogen-bond acceptors (Lipinski definition) is 3. The molecule has 4 unspecified atom stereocenters. The van der Waals surface area contributed by atoms with Gasteiger partial charge in [-0.3, -0.25) is 0 Å². The van der Waals surface area contributed by atoms with Gasteiger partial charge in [0.2, 0.25) is 0 Å². The second-order valence-electron chi connectivity index (χ2n) is 4.55. The zero-order valence-corrected chi connectivity index (χ0v) is 10.6. The molecule has 4 atom stereocenters. The van der Waals surface area contributed by atoms with Crippen LogP contribution in [0, 0.1) is 0 Å². The summed E-state index contributed by atoms with van der Waals surface area (Å²) in [7, 11) is 0. The highest BCUT2D eigenvalue weighted by Gasteiger charge is 2.31. The van der Waals surface area contributed by atoms with Crippen molar-refractivity contribution in [1.29, 1.82) is 0 Å². The van der Waals surface area contributed by atoms with Gasteiger partial charge in [-0.25, -0.2) is 0 Å². The lowest BCUT2D eigenvalue weighted by Crippen LogP contribution is -2.25. The Bertz CT molecular complexity index is 367. The van der Waals surface area contributed by atoms with Crippen LogP contribution in [0.3, 0.4) is 0 Å². The van der Waals surface area contributed by atoms with Crippen LogP contribution in [0.4, 0.5) is 0 Å². The first-order valence-corrected chi connectivity index (χ1v) is 6.70. The molecule has 0 fully saturated rings. The first kappa shape index (κ1) is 12.0. The molecule has 0 radical (unpaired) electrons. The Hall–Kier alpha value is -0.510. The lowest BCUT2D eigenvalue weighted by Gasteiger charge is -2.22. The monoisotopic (exact) mass is 237 g/mol. The Kier molecular flexibility index (Phi) is 3.57. The van der Waals surface area contributed by atoms with Crippen LogP contribution in [0.15, 0.2) is 24.3 Å². The van der Waals surface area contributed by atoms with Crippen LogP contribution in [-0.4, -0.2) is 21.7 Å². The van der Waals surface area contributed by atoms with Crippen LogP contribution >= 0.6 is 11.8 Å². The second kappa shape index (κ2) is 4.78. The Morgan fingerprint density at radius 2 is 2.06 bits per heavy atom. The van der Waals surface area contributed by atoms with E-state index < -0.39 is 0 Å². The van der Waals surface area contributed by atoms with E-state index in [0.29, 0.717) is 5.25 Å². The maximum Gasteiger partial charge on any atom is 0.0628 e. The fraction of sp³-hybridized carbons (Fsp3) is 0.538. The third-order valence-electron chi connectivity index (χ3n) is 3.30. The largest absolute Gasteiger partial charge is 0.392 e. The third-order valence-corrected chi connectivity index (χ3v) is 4.94. The molecular formula is C13H19NOS. The van der Waals surface area contributed by atoms with Gasteiger partial charge in [-0.15, -0.1) is 0 Å². The Balaban J connectivity index is 2.07. The molecule has 16 heavy (non-hydrogen) atoms. The van der Waals surface area contributed by atoms with Gasteiger partial charge >= 0.3 is 0 Å². The number of aliphatic hydroxyl groups is 1. The maximum absolute atomic E-state index is 9.52. The van der Waals surface area contributed by atoms with Crippen molar-refractivity contribution >= 4 is 11.8 Å². The molecule has 0 amide bonds. The van der Waals surface area contributed by atoms with Gasteiger partial charge in [0.15, 0.2) is 0 Å². The van der Waals surface area contributed by atoms with Gasteiger partial charge < -0.3 is 10.8 Å². The number of thioether (sulfide) groups is 1. The summed E-state index contributed by atoms with van der Waals surface area (Å²) in [6.07, 6.45) is 0.750. The van der Waals surface area contributed by atoms with E-state index in [9.17, 15) is 5.11 Å². The zero-order chi connectivity index (χ0) is 11.7. The van der Waals surface area contributed by atoms with Crippen molar-refractivity contribution in [2.75, 3.05) is 0 Å². The minimum absolute atomic E-state index is 0.113. The van der Waals surface area contributed by atoms with E-state index in [1.807, 2.05) is 13.0 Å². The first-order chi connectivity index (χ1) is 7.59. The predicted molar refractivity (Wildman–Crippen MR) is 69.6 cm³/mol. The fourth-order valence-electron chi connectivity index (χ4n) is 2.11. The lowest BCUT2D eigenvalue weighted by atomic mass is 10.1. The van der Waals surface area contributed by atoms with Crippen molar-refractivity contribution in [2.45, 2.75) is 42.9 Å². The molecule has 3 heteroatoms. The van der Waals surface area contributed by atoms with Gasteiger partial charge in [0.1, 0.15) is 0 Å². The van der Waals surface area contributed by atoms with E-state index in [4.69, 9.17) is 5.73 Å². The highest BCUT2D eigenvalue weighted by molar-refractivity contribution is 8.00. The molecule has 0 saturated heterocycles. The topological polar surface area (TPSA) is 46.2 Å². The highest BCUT2D eigenvalue weighted by atomic mass is 32.2. The number of aliphatic hydroxyl groups excluding tert-OH is 1. The third kappa shape index (κ3) is 2.26. The molecule has 0 spiro atoms. The molecule has 0 heterocycles. The fourth-order valence-corrected chi connectivity index (χ4v) is 3.48. The van der Waals surface area contributed by atoms with Crippen LogP contribution in [0.5, 0.6) is 0 Å². The van der Waals surface area contributed by atoms with Crippen LogP contribution in [0.1, 0.15) is 31.0 Å². The molecule has 2 rings (SSSR count). The summed E-state index contributed by atoms with van der Waals surface area (Å²) < 4.78 is 0. The van der Waals surface area contributed by atoms with Gasteiger partial charge in [-0.05, 0) is 24.5 Å². The number of hydrogen-bond donors (Lipinski definition) is 2. The minimum Gasteiger partial charge on any atom is -0.392 e. The Morgan fingerprint density at radius 1 is 1.38 bits per heavy atom. The molecule has 88 valence electrons. The van der Waals surface area contributed by atoms with Crippen LogP contribution in [0.25, 0.3) is 0 Å². The van der Waals surface area contributed by atoms with Gasteiger partial charge in [0, 0.05) is 16.5 Å². The van der Waals surface area contributed by atoms with Crippen molar-refractivity contribution in [3.63, 3.8) is 0 Å². The van der Waals surface area contributed by atoms with Crippen LogP contribution in [-0.2, 0) is 6.42 Å². The summed E-state index contributed by atoms with van der Waals surface area (Å²) in [5.41, 5.74) is 8.88. The molecule has 3 N–H and O–H groups in total. The predicted octanol–water partition coefficient (Wildman–Crippen LogP) is 2.11. The first-order valence-electron chi connectivity index (χ1n) is 5.76. The normalized spacial score (nSPS) is 27.5. The van der Waals surface area contributed by atoms with E-state index >= 15 is 0 Å². The SMILES string of the molecule is CC(O)C(C)SC1Cc2ccccc2C1N. The number of nitrogens with two attached hydrogens (primary N) is 1. The molecule has 0 saturated carbocycles. The lowest BCUT2D eigenvalue weighted by molar-refractivity contribution is 0.196. The summed E-state index contributed by atoms with van der Waals surface area (Å²) in [4.78, 5) is 0. The van der Waals surface area contributed by atoms with E-state index in [-0.39, 0.29) is 17.4 Å². The summed E-state index contributed by atoms with van der Waals surface area (Å²) in [5, 5.41) is 10.2. The molecule has 1 aromatic carbocycles.